The van der Waals surface area contributed by atoms with Crippen molar-refractivity contribution in [3.63, 3.8) is 0 Å². The lowest BCUT2D eigenvalue weighted by atomic mass is 9.80. The Kier molecular flexibility index (Phi) is 4.50. The Morgan fingerprint density at radius 2 is 2.06 bits per heavy atom. The van der Waals surface area contributed by atoms with Gasteiger partial charge < -0.3 is 0 Å². The van der Waals surface area contributed by atoms with Crippen molar-refractivity contribution in [3.05, 3.63) is 34.5 Å². The molecule has 18 heavy (non-hydrogen) atoms. The highest BCUT2D eigenvalue weighted by atomic mass is 32.2. The number of pyridine rings is 1. The Labute approximate surface area is 115 Å². The minimum absolute atomic E-state index is 0.573. The zero-order valence-corrected chi connectivity index (χ0v) is 12.6. The summed E-state index contributed by atoms with van der Waals surface area (Å²) in [4.78, 5) is 4.60. The number of aromatic nitrogens is 1. The van der Waals surface area contributed by atoms with Crippen LogP contribution in [0.2, 0.25) is 0 Å². The van der Waals surface area contributed by atoms with Gasteiger partial charge in [0.1, 0.15) is 0 Å². The molecule has 1 unspecified atom stereocenters. The lowest BCUT2D eigenvalue weighted by Gasteiger charge is -2.27. The van der Waals surface area contributed by atoms with Gasteiger partial charge in [-0.05, 0) is 58.6 Å². The van der Waals surface area contributed by atoms with Crippen LogP contribution >= 0.6 is 11.8 Å². The zero-order valence-electron chi connectivity index (χ0n) is 11.8. The Morgan fingerprint density at radius 3 is 2.72 bits per heavy atom. The predicted octanol–water partition coefficient (Wildman–Crippen LogP) is 5.05. The Balaban J connectivity index is 2.58. The molecule has 2 rings (SSSR count). The van der Waals surface area contributed by atoms with Crippen LogP contribution in [0.5, 0.6) is 0 Å². The fourth-order valence-corrected chi connectivity index (χ4v) is 3.48. The van der Waals surface area contributed by atoms with Crippen molar-refractivity contribution >= 4 is 17.8 Å². The molecule has 0 fully saturated rings. The summed E-state index contributed by atoms with van der Waals surface area (Å²) in [7, 11) is 0. The van der Waals surface area contributed by atoms with Crippen LogP contribution in [0.15, 0.2) is 17.7 Å². The number of hydrogen-bond donors (Lipinski definition) is 0. The lowest BCUT2D eigenvalue weighted by molar-refractivity contribution is 0.481. The summed E-state index contributed by atoms with van der Waals surface area (Å²) in [6.07, 6.45) is 5.41. The predicted molar refractivity (Wildman–Crippen MR) is 82.0 cm³/mol. The van der Waals surface area contributed by atoms with Gasteiger partial charge in [-0.25, -0.2) is 0 Å². The van der Waals surface area contributed by atoms with Crippen molar-refractivity contribution < 1.29 is 0 Å². The molecule has 0 saturated carbocycles. The van der Waals surface area contributed by atoms with Crippen molar-refractivity contribution in [1.82, 2.24) is 4.98 Å². The van der Waals surface area contributed by atoms with E-state index in [9.17, 15) is 0 Å². The van der Waals surface area contributed by atoms with Gasteiger partial charge in [0.05, 0.1) is 5.69 Å². The van der Waals surface area contributed by atoms with Gasteiger partial charge in [0, 0.05) is 6.20 Å². The van der Waals surface area contributed by atoms with E-state index >= 15 is 0 Å². The van der Waals surface area contributed by atoms with E-state index in [1.807, 2.05) is 18.0 Å². The van der Waals surface area contributed by atoms with Gasteiger partial charge in [0.25, 0.3) is 0 Å². The molecule has 0 aliphatic carbocycles. The van der Waals surface area contributed by atoms with Gasteiger partial charge in [0.15, 0.2) is 0 Å². The maximum absolute atomic E-state index is 4.60. The molecular formula is C16H23NS. The first kappa shape index (κ1) is 13.7. The largest absolute Gasteiger partial charge is 0.257 e. The van der Waals surface area contributed by atoms with Crippen LogP contribution in [0.3, 0.4) is 0 Å². The highest BCUT2D eigenvalue weighted by Crippen LogP contribution is 2.38. The average molecular weight is 261 g/mol. The SMILES string of the molecule is CC(C)c1ccnc2c1C(C(C)C)CCS/C=C\2. The van der Waals surface area contributed by atoms with Crippen LogP contribution in [0.1, 0.15) is 62.8 Å². The smallest absolute Gasteiger partial charge is 0.0672 e. The molecule has 1 atom stereocenters. The summed E-state index contributed by atoms with van der Waals surface area (Å²) in [5.41, 5.74) is 4.17. The minimum atomic E-state index is 0.573. The van der Waals surface area contributed by atoms with E-state index in [0.717, 1.165) is 0 Å². The lowest BCUT2D eigenvalue weighted by Crippen LogP contribution is -2.14. The Bertz CT molecular complexity index is 435. The third kappa shape index (κ3) is 2.80. The molecule has 1 nitrogen and oxygen atoms in total. The second-order valence-electron chi connectivity index (χ2n) is 5.67. The van der Waals surface area contributed by atoms with Gasteiger partial charge >= 0.3 is 0 Å². The van der Waals surface area contributed by atoms with Crippen LogP contribution in [0.4, 0.5) is 0 Å². The first-order chi connectivity index (χ1) is 8.61. The molecule has 0 amide bonds. The first-order valence-electron chi connectivity index (χ1n) is 6.88. The van der Waals surface area contributed by atoms with E-state index in [0.29, 0.717) is 17.8 Å². The van der Waals surface area contributed by atoms with Crippen LogP contribution in [0.25, 0.3) is 6.08 Å². The van der Waals surface area contributed by atoms with Crippen LogP contribution in [0, 0.1) is 5.92 Å². The summed E-state index contributed by atoms with van der Waals surface area (Å²) in [6, 6.07) is 2.21. The van der Waals surface area contributed by atoms with E-state index in [2.05, 4.69) is 50.2 Å². The molecule has 0 spiro atoms. The number of nitrogens with zero attached hydrogens (tertiary/aromatic N) is 1. The summed E-state index contributed by atoms with van der Waals surface area (Å²) < 4.78 is 0. The number of thioether (sulfide) groups is 1. The number of hydrogen-bond acceptors (Lipinski definition) is 2. The average Bonchev–Trinajstić information content (AvgIpc) is 2.28. The van der Waals surface area contributed by atoms with E-state index in [4.69, 9.17) is 0 Å². The Morgan fingerprint density at radius 1 is 1.28 bits per heavy atom. The molecule has 98 valence electrons. The molecule has 1 aliphatic rings. The number of rotatable bonds is 2. The van der Waals surface area contributed by atoms with Crippen molar-refractivity contribution in [1.29, 1.82) is 0 Å². The maximum atomic E-state index is 4.60. The molecule has 1 aromatic heterocycles. The van der Waals surface area contributed by atoms with Crippen molar-refractivity contribution in [3.8, 4) is 0 Å². The van der Waals surface area contributed by atoms with Crippen LogP contribution in [-0.2, 0) is 0 Å². The maximum Gasteiger partial charge on any atom is 0.0672 e. The molecule has 0 bridgehead atoms. The van der Waals surface area contributed by atoms with E-state index in [1.54, 1.807) is 0 Å². The second-order valence-corrected chi connectivity index (χ2v) is 6.68. The van der Waals surface area contributed by atoms with Crippen molar-refractivity contribution in [2.24, 2.45) is 5.92 Å². The third-order valence-corrected chi connectivity index (χ3v) is 4.52. The summed E-state index contributed by atoms with van der Waals surface area (Å²) >= 11 is 1.91. The third-order valence-electron chi connectivity index (χ3n) is 3.72. The monoisotopic (exact) mass is 261 g/mol. The molecule has 1 aromatic rings. The topological polar surface area (TPSA) is 12.9 Å². The molecular weight excluding hydrogens is 238 g/mol. The van der Waals surface area contributed by atoms with Gasteiger partial charge in [-0.2, -0.15) is 0 Å². The standard InChI is InChI=1S/C16H23NS/c1-11(2)13-5-8-17-15-7-10-18-9-6-14(12(3)4)16(13)15/h5,7-8,10-12,14H,6,9H2,1-4H3/b10-7-. The molecule has 0 aromatic carbocycles. The highest BCUT2D eigenvalue weighted by molar-refractivity contribution is 8.02. The number of fused-ring (bicyclic) bond motifs is 1. The van der Waals surface area contributed by atoms with E-state index < -0.39 is 0 Å². The normalized spacial score (nSPS) is 21.6. The van der Waals surface area contributed by atoms with Gasteiger partial charge in [-0.1, -0.05) is 27.7 Å². The van der Waals surface area contributed by atoms with E-state index in [-0.39, 0.29) is 0 Å². The Hall–Kier alpha value is -0.760. The van der Waals surface area contributed by atoms with Gasteiger partial charge in [-0.3, -0.25) is 4.98 Å². The summed E-state index contributed by atoms with van der Waals surface area (Å²) in [6.45, 7) is 9.23. The first-order valence-corrected chi connectivity index (χ1v) is 7.93. The molecule has 0 N–H and O–H groups in total. The minimum Gasteiger partial charge on any atom is -0.257 e. The molecule has 0 saturated heterocycles. The highest BCUT2D eigenvalue weighted by Gasteiger charge is 2.23. The van der Waals surface area contributed by atoms with Gasteiger partial charge in [0.2, 0.25) is 0 Å². The summed E-state index contributed by atoms with van der Waals surface area (Å²) in [5.74, 6) is 3.11. The second kappa shape index (κ2) is 5.92. The summed E-state index contributed by atoms with van der Waals surface area (Å²) in [5, 5.41) is 2.20. The van der Waals surface area contributed by atoms with Crippen molar-refractivity contribution in [2.75, 3.05) is 5.75 Å². The molecule has 2 heteroatoms. The molecule has 1 aliphatic heterocycles. The van der Waals surface area contributed by atoms with Gasteiger partial charge in [-0.15, -0.1) is 11.8 Å². The van der Waals surface area contributed by atoms with Crippen LogP contribution in [-0.4, -0.2) is 10.7 Å². The molecule has 0 radical (unpaired) electrons. The fraction of sp³-hybridized carbons (Fsp3) is 0.562. The van der Waals surface area contributed by atoms with E-state index in [1.165, 1.54) is 29.0 Å². The quantitative estimate of drug-likeness (QED) is 0.738. The van der Waals surface area contributed by atoms with Crippen molar-refractivity contribution in [2.45, 2.75) is 46.0 Å². The fourth-order valence-electron chi connectivity index (χ4n) is 2.73. The zero-order chi connectivity index (χ0) is 13.1. The molecule has 2 heterocycles. The van der Waals surface area contributed by atoms with Crippen LogP contribution < -0.4 is 0 Å².